The molecule has 27 heavy (non-hydrogen) atoms. The molecule has 3 aromatic rings. The Kier molecular flexibility index (Phi) is 5.26. The third kappa shape index (κ3) is 4.34. The zero-order valence-corrected chi connectivity index (χ0v) is 15.9. The standard InChI is InChI=1S/C21H23N3O3/c1-21(2,3)17(22-19(25)15-10-12-16(26-4)13-11-15)20-23-18(24-27-20)14-8-6-5-7-9-14/h5-13,17H,1-4H3,(H,22,25)/t17-/m0/s1. The molecule has 1 atom stereocenters. The van der Waals surface area contributed by atoms with Crippen LogP contribution in [0.15, 0.2) is 59.1 Å². The van der Waals surface area contributed by atoms with Crippen molar-refractivity contribution in [1.29, 1.82) is 0 Å². The molecule has 140 valence electrons. The van der Waals surface area contributed by atoms with E-state index >= 15 is 0 Å². The molecule has 0 bridgehead atoms. The van der Waals surface area contributed by atoms with Crippen LogP contribution in [-0.4, -0.2) is 23.2 Å². The predicted molar refractivity (Wildman–Crippen MR) is 102 cm³/mol. The van der Waals surface area contributed by atoms with Gasteiger partial charge in [0, 0.05) is 11.1 Å². The van der Waals surface area contributed by atoms with Crippen molar-refractivity contribution in [3.63, 3.8) is 0 Å². The molecule has 1 aromatic heterocycles. The normalized spacial score (nSPS) is 12.4. The number of rotatable bonds is 5. The number of methoxy groups -OCH3 is 1. The van der Waals surface area contributed by atoms with E-state index in [0.717, 1.165) is 5.56 Å². The molecule has 2 aromatic carbocycles. The SMILES string of the molecule is COc1ccc(C(=O)N[C@@H](c2nc(-c3ccccc3)no2)C(C)(C)C)cc1. The molecule has 0 saturated heterocycles. The molecular weight excluding hydrogens is 342 g/mol. The summed E-state index contributed by atoms with van der Waals surface area (Å²) in [5.41, 5.74) is 1.08. The highest BCUT2D eigenvalue weighted by Crippen LogP contribution is 2.33. The highest BCUT2D eigenvalue weighted by Gasteiger charge is 2.33. The van der Waals surface area contributed by atoms with Gasteiger partial charge < -0.3 is 14.6 Å². The first-order valence-corrected chi connectivity index (χ1v) is 8.72. The number of benzene rings is 2. The van der Waals surface area contributed by atoms with Crippen LogP contribution in [0.2, 0.25) is 0 Å². The molecule has 6 heteroatoms. The Bertz CT molecular complexity index is 896. The monoisotopic (exact) mass is 365 g/mol. The van der Waals surface area contributed by atoms with Crippen molar-refractivity contribution in [3.05, 3.63) is 66.1 Å². The summed E-state index contributed by atoms with van der Waals surface area (Å²) >= 11 is 0. The number of ether oxygens (including phenoxy) is 1. The average Bonchev–Trinajstić information content (AvgIpc) is 3.15. The number of hydrogen-bond acceptors (Lipinski definition) is 5. The van der Waals surface area contributed by atoms with E-state index in [-0.39, 0.29) is 11.3 Å². The molecule has 0 aliphatic heterocycles. The van der Waals surface area contributed by atoms with Gasteiger partial charge in [-0.1, -0.05) is 56.3 Å². The summed E-state index contributed by atoms with van der Waals surface area (Å²) < 4.78 is 10.6. The highest BCUT2D eigenvalue weighted by atomic mass is 16.5. The van der Waals surface area contributed by atoms with Crippen LogP contribution in [0.3, 0.4) is 0 Å². The van der Waals surface area contributed by atoms with Gasteiger partial charge in [-0.05, 0) is 29.7 Å². The van der Waals surface area contributed by atoms with Crippen molar-refractivity contribution in [2.45, 2.75) is 26.8 Å². The Hall–Kier alpha value is -3.15. The van der Waals surface area contributed by atoms with Gasteiger partial charge in [-0.3, -0.25) is 4.79 Å². The lowest BCUT2D eigenvalue weighted by atomic mass is 9.86. The first-order chi connectivity index (χ1) is 12.9. The predicted octanol–water partition coefficient (Wildman–Crippen LogP) is 4.26. The molecule has 3 rings (SSSR count). The Labute approximate surface area is 158 Å². The maximum Gasteiger partial charge on any atom is 0.251 e. The van der Waals surface area contributed by atoms with Crippen molar-refractivity contribution in [2.24, 2.45) is 5.41 Å². The Morgan fingerprint density at radius 1 is 1.07 bits per heavy atom. The van der Waals surface area contributed by atoms with Gasteiger partial charge in [-0.25, -0.2) is 0 Å². The highest BCUT2D eigenvalue weighted by molar-refractivity contribution is 5.94. The lowest BCUT2D eigenvalue weighted by molar-refractivity contribution is 0.0881. The van der Waals surface area contributed by atoms with E-state index in [4.69, 9.17) is 9.26 Å². The van der Waals surface area contributed by atoms with Crippen LogP contribution in [-0.2, 0) is 0 Å². The number of nitrogens with zero attached hydrogens (tertiary/aromatic N) is 2. The molecule has 0 unspecified atom stereocenters. The second-order valence-corrected chi connectivity index (χ2v) is 7.32. The van der Waals surface area contributed by atoms with Crippen LogP contribution < -0.4 is 10.1 Å². The minimum absolute atomic E-state index is 0.211. The van der Waals surface area contributed by atoms with E-state index in [1.54, 1.807) is 31.4 Å². The molecule has 1 amide bonds. The van der Waals surface area contributed by atoms with E-state index in [2.05, 4.69) is 15.5 Å². The van der Waals surface area contributed by atoms with E-state index in [0.29, 0.717) is 23.0 Å². The maximum absolute atomic E-state index is 12.7. The zero-order valence-electron chi connectivity index (χ0n) is 15.9. The minimum Gasteiger partial charge on any atom is -0.497 e. The molecule has 0 saturated carbocycles. The van der Waals surface area contributed by atoms with Crippen LogP contribution in [0, 0.1) is 5.41 Å². The average molecular weight is 365 g/mol. The fourth-order valence-corrected chi connectivity index (χ4v) is 2.66. The van der Waals surface area contributed by atoms with Gasteiger partial charge in [-0.2, -0.15) is 4.98 Å². The summed E-state index contributed by atoms with van der Waals surface area (Å²) in [7, 11) is 1.59. The quantitative estimate of drug-likeness (QED) is 0.731. The van der Waals surface area contributed by atoms with Gasteiger partial charge in [0.2, 0.25) is 11.7 Å². The molecule has 0 radical (unpaired) electrons. The molecule has 0 fully saturated rings. The van der Waals surface area contributed by atoms with Gasteiger partial charge in [0.1, 0.15) is 11.8 Å². The number of hydrogen-bond donors (Lipinski definition) is 1. The Balaban J connectivity index is 1.84. The van der Waals surface area contributed by atoms with Crippen molar-refractivity contribution >= 4 is 5.91 Å². The molecule has 1 heterocycles. The van der Waals surface area contributed by atoms with Crippen molar-refractivity contribution < 1.29 is 14.1 Å². The second-order valence-electron chi connectivity index (χ2n) is 7.32. The van der Waals surface area contributed by atoms with Gasteiger partial charge in [0.25, 0.3) is 5.91 Å². The van der Waals surface area contributed by atoms with Gasteiger partial charge in [-0.15, -0.1) is 0 Å². The molecule has 0 aliphatic rings. The van der Waals surface area contributed by atoms with Crippen molar-refractivity contribution in [3.8, 4) is 17.1 Å². The van der Waals surface area contributed by atoms with Crippen LogP contribution in [0.5, 0.6) is 5.75 Å². The van der Waals surface area contributed by atoms with Gasteiger partial charge >= 0.3 is 0 Å². The molecular formula is C21H23N3O3. The van der Waals surface area contributed by atoms with Crippen LogP contribution in [0.25, 0.3) is 11.4 Å². The summed E-state index contributed by atoms with van der Waals surface area (Å²) in [6, 6.07) is 16.1. The third-order valence-electron chi connectivity index (χ3n) is 4.21. The number of nitrogens with one attached hydrogen (secondary N) is 1. The number of amides is 1. The van der Waals surface area contributed by atoms with Gasteiger partial charge in [0.05, 0.1) is 7.11 Å². The largest absolute Gasteiger partial charge is 0.497 e. The second kappa shape index (κ2) is 7.61. The van der Waals surface area contributed by atoms with Crippen molar-refractivity contribution in [2.75, 3.05) is 7.11 Å². The Morgan fingerprint density at radius 3 is 2.33 bits per heavy atom. The lowest BCUT2D eigenvalue weighted by Crippen LogP contribution is -2.36. The Morgan fingerprint density at radius 2 is 1.74 bits per heavy atom. The number of carbonyl (C=O) groups excluding carboxylic acids is 1. The van der Waals surface area contributed by atoms with E-state index in [9.17, 15) is 4.79 Å². The van der Waals surface area contributed by atoms with Crippen molar-refractivity contribution in [1.82, 2.24) is 15.5 Å². The van der Waals surface area contributed by atoms with E-state index in [1.807, 2.05) is 51.1 Å². The summed E-state index contributed by atoms with van der Waals surface area (Å²) in [5, 5.41) is 7.09. The summed E-state index contributed by atoms with van der Waals surface area (Å²) in [6.45, 7) is 6.04. The zero-order chi connectivity index (χ0) is 19.4. The molecule has 0 spiro atoms. The first-order valence-electron chi connectivity index (χ1n) is 8.72. The fraction of sp³-hybridized carbons (Fsp3) is 0.286. The van der Waals surface area contributed by atoms with Crippen LogP contribution in [0.1, 0.15) is 43.1 Å². The topological polar surface area (TPSA) is 77.2 Å². The minimum atomic E-state index is -0.433. The number of carbonyl (C=O) groups is 1. The van der Waals surface area contributed by atoms with Gasteiger partial charge in [0.15, 0.2) is 0 Å². The fourth-order valence-electron chi connectivity index (χ4n) is 2.66. The van der Waals surface area contributed by atoms with E-state index < -0.39 is 6.04 Å². The summed E-state index contributed by atoms with van der Waals surface area (Å²) in [4.78, 5) is 17.2. The van der Waals surface area contributed by atoms with E-state index in [1.165, 1.54) is 0 Å². The van der Waals surface area contributed by atoms with Crippen LogP contribution in [0.4, 0.5) is 0 Å². The summed E-state index contributed by atoms with van der Waals surface area (Å²) in [6.07, 6.45) is 0. The molecule has 0 aliphatic carbocycles. The van der Waals surface area contributed by atoms with Crippen LogP contribution >= 0.6 is 0 Å². The maximum atomic E-state index is 12.7. The lowest BCUT2D eigenvalue weighted by Gasteiger charge is -2.28. The first kappa shape index (κ1) is 18.6. The number of aromatic nitrogens is 2. The molecule has 6 nitrogen and oxygen atoms in total. The summed E-state index contributed by atoms with van der Waals surface area (Å²) in [5.74, 6) is 1.36. The molecule has 1 N–H and O–H groups in total. The third-order valence-corrected chi connectivity index (χ3v) is 4.21. The smallest absolute Gasteiger partial charge is 0.251 e.